The molecule has 0 heterocycles. The molecule has 0 aliphatic heterocycles. The van der Waals surface area contributed by atoms with E-state index in [1.165, 1.54) is 19.3 Å². The van der Waals surface area contributed by atoms with Gasteiger partial charge in [0.25, 0.3) is 6.43 Å². The van der Waals surface area contributed by atoms with Gasteiger partial charge in [-0.2, -0.15) is 0 Å². The summed E-state index contributed by atoms with van der Waals surface area (Å²) in [5.74, 6) is 0.529. The Labute approximate surface area is 85.3 Å². The van der Waals surface area contributed by atoms with Crippen LogP contribution in [0.5, 0.6) is 0 Å². The van der Waals surface area contributed by atoms with Crippen LogP contribution in [0.2, 0.25) is 0 Å². The van der Waals surface area contributed by atoms with E-state index >= 15 is 0 Å². The smallest absolute Gasteiger partial charge is 0.253 e. The first-order valence-electron chi connectivity index (χ1n) is 5.75. The van der Waals surface area contributed by atoms with Crippen LogP contribution in [0.15, 0.2) is 0 Å². The van der Waals surface area contributed by atoms with Crippen LogP contribution in [0, 0.1) is 5.92 Å². The summed E-state index contributed by atoms with van der Waals surface area (Å²) in [5, 5.41) is 2.88. The van der Waals surface area contributed by atoms with Crippen molar-refractivity contribution >= 4 is 0 Å². The summed E-state index contributed by atoms with van der Waals surface area (Å²) in [4.78, 5) is 0. The van der Waals surface area contributed by atoms with Crippen LogP contribution in [-0.2, 0) is 0 Å². The van der Waals surface area contributed by atoms with Gasteiger partial charge in [-0.15, -0.1) is 0 Å². The lowest BCUT2D eigenvalue weighted by molar-refractivity contribution is 0.0822. The molecule has 1 nitrogen and oxygen atoms in total. The zero-order valence-corrected chi connectivity index (χ0v) is 8.94. The molecule has 0 aromatic heterocycles. The van der Waals surface area contributed by atoms with Gasteiger partial charge < -0.3 is 5.32 Å². The standard InChI is InChI=1S/C11H21F2N/c1-2-14-10(11(12)13)8-9-6-4-3-5-7-9/h9-11,14H,2-8H2,1H3. The second-order valence-electron chi connectivity index (χ2n) is 4.24. The Morgan fingerprint density at radius 3 is 2.36 bits per heavy atom. The number of hydrogen-bond acceptors (Lipinski definition) is 1. The molecule has 3 heteroatoms. The predicted molar refractivity (Wildman–Crippen MR) is 54.7 cm³/mol. The lowest BCUT2D eigenvalue weighted by Crippen LogP contribution is -2.37. The highest BCUT2D eigenvalue weighted by Crippen LogP contribution is 2.28. The van der Waals surface area contributed by atoms with E-state index in [9.17, 15) is 8.78 Å². The summed E-state index contributed by atoms with van der Waals surface area (Å²) < 4.78 is 25.2. The maximum absolute atomic E-state index is 12.6. The highest BCUT2D eigenvalue weighted by atomic mass is 19.3. The van der Waals surface area contributed by atoms with E-state index in [0.29, 0.717) is 18.9 Å². The minimum absolute atomic E-state index is 0.529. The van der Waals surface area contributed by atoms with Crippen molar-refractivity contribution in [2.45, 2.75) is 57.9 Å². The van der Waals surface area contributed by atoms with Crippen molar-refractivity contribution in [1.29, 1.82) is 0 Å². The molecular weight excluding hydrogens is 184 g/mol. The topological polar surface area (TPSA) is 12.0 Å². The van der Waals surface area contributed by atoms with Crippen LogP contribution in [0.4, 0.5) is 8.78 Å². The lowest BCUT2D eigenvalue weighted by Gasteiger charge is -2.26. The van der Waals surface area contributed by atoms with E-state index in [0.717, 1.165) is 12.8 Å². The number of hydrogen-bond donors (Lipinski definition) is 1. The second kappa shape index (κ2) is 6.33. The van der Waals surface area contributed by atoms with Gasteiger partial charge >= 0.3 is 0 Å². The molecule has 0 aromatic carbocycles. The maximum atomic E-state index is 12.6. The van der Waals surface area contributed by atoms with Gasteiger partial charge in [-0.25, -0.2) is 8.78 Å². The van der Waals surface area contributed by atoms with Gasteiger partial charge in [-0.05, 0) is 18.9 Å². The first kappa shape index (κ1) is 11.9. The average Bonchev–Trinajstić information content (AvgIpc) is 2.18. The number of nitrogens with one attached hydrogen (secondary N) is 1. The van der Waals surface area contributed by atoms with E-state index in [4.69, 9.17) is 0 Å². The molecule has 1 fully saturated rings. The molecular formula is C11H21F2N. The van der Waals surface area contributed by atoms with Gasteiger partial charge in [0.15, 0.2) is 0 Å². The molecule has 0 aromatic rings. The summed E-state index contributed by atoms with van der Waals surface area (Å²) >= 11 is 0. The van der Waals surface area contributed by atoms with Gasteiger partial charge in [-0.1, -0.05) is 39.0 Å². The zero-order valence-electron chi connectivity index (χ0n) is 8.94. The first-order valence-corrected chi connectivity index (χ1v) is 5.75. The van der Waals surface area contributed by atoms with Crippen molar-refractivity contribution < 1.29 is 8.78 Å². The maximum Gasteiger partial charge on any atom is 0.253 e. The number of halogens is 2. The fraction of sp³-hybridized carbons (Fsp3) is 1.00. The minimum atomic E-state index is -2.21. The van der Waals surface area contributed by atoms with Crippen molar-refractivity contribution in [3.63, 3.8) is 0 Å². The van der Waals surface area contributed by atoms with E-state index in [2.05, 4.69) is 5.32 Å². The fourth-order valence-corrected chi connectivity index (χ4v) is 2.32. The monoisotopic (exact) mass is 205 g/mol. The third kappa shape index (κ3) is 3.91. The van der Waals surface area contributed by atoms with Gasteiger partial charge in [0, 0.05) is 0 Å². The second-order valence-corrected chi connectivity index (χ2v) is 4.24. The largest absolute Gasteiger partial charge is 0.309 e. The van der Waals surface area contributed by atoms with E-state index in [-0.39, 0.29) is 0 Å². The molecule has 1 aliphatic carbocycles. The number of rotatable bonds is 5. The molecule has 0 spiro atoms. The molecule has 1 atom stereocenters. The molecule has 1 N–H and O–H groups in total. The summed E-state index contributed by atoms with van der Waals surface area (Å²) in [6.07, 6.45) is 4.49. The third-order valence-electron chi connectivity index (χ3n) is 3.08. The lowest BCUT2D eigenvalue weighted by atomic mass is 9.85. The highest BCUT2D eigenvalue weighted by Gasteiger charge is 2.24. The SMILES string of the molecule is CCNC(CC1CCCCC1)C(F)F. The van der Waals surface area contributed by atoms with Gasteiger partial charge in [-0.3, -0.25) is 0 Å². The van der Waals surface area contributed by atoms with Crippen LogP contribution in [0.1, 0.15) is 45.4 Å². The molecule has 1 aliphatic rings. The molecule has 1 saturated carbocycles. The van der Waals surface area contributed by atoms with Crippen molar-refractivity contribution in [3.8, 4) is 0 Å². The minimum Gasteiger partial charge on any atom is -0.309 e. The van der Waals surface area contributed by atoms with Crippen molar-refractivity contribution in [3.05, 3.63) is 0 Å². The Hall–Kier alpha value is -0.180. The summed E-state index contributed by atoms with van der Waals surface area (Å²) in [6.45, 7) is 2.53. The average molecular weight is 205 g/mol. The van der Waals surface area contributed by atoms with Crippen LogP contribution < -0.4 is 5.32 Å². The highest BCUT2D eigenvalue weighted by molar-refractivity contribution is 4.75. The molecule has 0 radical (unpaired) electrons. The predicted octanol–water partition coefficient (Wildman–Crippen LogP) is 3.20. The quantitative estimate of drug-likeness (QED) is 0.726. The Morgan fingerprint density at radius 1 is 1.21 bits per heavy atom. The normalized spacial score (nSPS) is 21.4. The van der Waals surface area contributed by atoms with Crippen LogP contribution >= 0.6 is 0 Å². The van der Waals surface area contributed by atoms with Crippen LogP contribution in [0.25, 0.3) is 0 Å². The molecule has 84 valence electrons. The summed E-state index contributed by atoms with van der Waals surface area (Å²) in [7, 11) is 0. The van der Waals surface area contributed by atoms with Crippen molar-refractivity contribution in [1.82, 2.24) is 5.32 Å². The summed E-state index contributed by atoms with van der Waals surface area (Å²) in [6, 6.07) is -0.580. The zero-order chi connectivity index (χ0) is 10.4. The summed E-state index contributed by atoms with van der Waals surface area (Å²) in [5.41, 5.74) is 0. The van der Waals surface area contributed by atoms with E-state index in [1.54, 1.807) is 0 Å². The molecule has 0 bridgehead atoms. The van der Waals surface area contributed by atoms with Gasteiger partial charge in [0.2, 0.25) is 0 Å². The van der Waals surface area contributed by atoms with Crippen molar-refractivity contribution in [2.24, 2.45) is 5.92 Å². The molecule has 1 rings (SSSR count). The Balaban J connectivity index is 2.29. The van der Waals surface area contributed by atoms with Crippen LogP contribution in [0.3, 0.4) is 0 Å². The molecule has 1 unspecified atom stereocenters. The number of alkyl halides is 2. The molecule has 0 amide bonds. The Kier molecular flexibility index (Phi) is 5.38. The Bertz CT molecular complexity index is 144. The van der Waals surface area contributed by atoms with E-state index < -0.39 is 12.5 Å². The fourth-order valence-electron chi connectivity index (χ4n) is 2.32. The van der Waals surface area contributed by atoms with Gasteiger partial charge in [0.05, 0.1) is 6.04 Å². The van der Waals surface area contributed by atoms with Gasteiger partial charge in [0.1, 0.15) is 0 Å². The van der Waals surface area contributed by atoms with E-state index in [1.807, 2.05) is 6.92 Å². The third-order valence-corrected chi connectivity index (χ3v) is 3.08. The Morgan fingerprint density at radius 2 is 1.86 bits per heavy atom. The first-order chi connectivity index (χ1) is 6.74. The molecule has 14 heavy (non-hydrogen) atoms. The molecule has 0 saturated heterocycles. The van der Waals surface area contributed by atoms with Crippen LogP contribution in [-0.4, -0.2) is 19.0 Å². The van der Waals surface area contributed by atoms with Crippen molar-refractivity contribution in [2.75, 3.05) is 6.54 Å².